The molecule has 1 aromatic carbocycles. The summed E-state index contributed by atoms with van der Waals surface area (Å²) in [7, 11) is 1.63. The Labute approximate surface area is 112 Å². The molecule has 0 saturated heterocycles. The molecule has 0 aliphatic rings. The molecule has 0 saturated carbocycles. The molecule has 108 valence electrons. The van der Waals surface area contributed by atoms with Crippen LogP contribution in [0.2, 0.25) is 0 Å². The standard InChI is InChI=1S/C12H12F3N3O2/c1-6(2)11-16-8-4-7(12(13,14)15)9(18(19)20)5-10(8)17(11)3/h4-6H,1-3H3. The van der Waals surface area contributed by atoms with Crippen molar-refractivity contribution >= 4 is 16.7 Å². The largest absolute Gasteiger partial charge is 0.423 e. The van der Waals surface area contributed by atoms with Crippen LogP contribution in [0.4, 0.5) is 18.9 Å². The van der Waals surface area contributed by atoms with Crippen LogP contribution in [0.1, 0.15) is 31.2 Å². The zero-order valence-corrected chi connectivity index (χ0v) is 11.0. The molecule has 0 atom stereocenters. The maximum Gasteiger partial charge on any atom is 0.423 e. The van der Waals surface area contributed by atoms with E-state index in [1.807, 2.05) is 13.8 Å². The Hall–Kier alpha value is -2.12. The average molecular weight is 287 g/mol. The maximum atomic E-state index is 12.9. The molecule has 5 nitrogen and oxygen atoms in total. The summed E-state index contributed by atoms with van der Waals surface area (Å²) in [6, 6.07) is 1.66. The van der Waals surface area contributed by atoms with Crippen LogP contribution in [0.5, 0.6) is 0 Å². The molecule has 2 rings (SSSR count). The van der Waals surface area contributed by atoms with Crippen LogP contribution in [0.25, 0.3) is 11.0 Å². The van der Waals surface area contributed by atoms with Gasteiger partial charge in [0.15, 0.2) is 0 Å². The van der Waals surface area contributed by atoms with Crippen LogP contribution in [-0.2, 0) is 13.2 Å². The van der Waals surface area contributed by atoms with Gasteiger partial charge in [-0.15, -0.1) is 0 Å². The SMILES string of the molecule is CC(C)c1nc2cc(C(F)(F)F)c([N+](=O)[O-])cc2n1C. The fourth-order valence-corrected chi connectivity index (χ4v) is 2.14. The van der Waals surface area contributed by atoms with Crippen molar-refractivity contribution in [2.45, 2.75) is 25.9 Å². The minimum Gasteiger partial charge on any atom is -0.331 e. The Morgan fingerprint density at radius 3 is 2.40 bits per heavy atom. The van der Waals surface area contributed by atoms with Crippen LogP contribution in [0.3, 0.4) is 0 Å². The van der Waals surface area contributed by atoms with Gasteiger partial charge in [0, 0.05) is 19.0 Å². The Balaban J connectivity index is 2.83. The highest BCUT2D eigenvalue weighted by Crippen LogP contribution is 2.38. The summed E-state index contributed by atoms with van der Waals surface area (Å²) in [5, 5.41) is 10.8. The summed E-state index contributed by atoms with van der Waals surface area (Å²) >= 11 is 0. The predicted molar refractivity (Wildman–Crippen MR) is 66.5 cm³/mol. The van der Waals surface area contributed by atoms with Crippen molar-refractivity contribution < 1.29 is 18.1 Å². The summed E-state index contributed by atoms with van der Waals surface area (Å²) in [6.07, 6.45) is -4.79. The highest BCUT2D eigenvalue weighted by atomic mass is 19.4. The topological polar surface area (TPSA) is 61.0 Å². The van der Waals surface area contributed by atoms with Gasteiger partial charge in [0.25, 0.3) is 5.69 Å². The molecule has 0 N–H and O–H groups in total. The van der Waals surface area contributed by atoms with Gasteiger partial charge in [0.1, 0.15) is 11.4 Å². The van der Waals surface area contributed by atoms with Crippen molar-refractivity contribution in [3.05, 3.63) is 33.6 Å². The van der Waals surface area contributed by atoms with Crippen LogP contribution >= 0.6 is 0 Å². The normalized spacial score (nSPS) is 12.3. The molecule has 0 aliphatic heterocycles. The zero-order chi connectivity index (χ0) is 15.2. The third-order valence-electron chi connectivity index (χ3n) is 3.05. The molecule has 0 spiro atoms. The highest BCUT2D eigenvalue weighted by Gasteiger charge is 2.39. The van der Waals surface area contributed by atoms with Crippen molar-refractivity contribution in [3.63, 3.8) is 0 Å². The first-order valence-electron chi connectivity index (χ1n) is 5.85. The van der Waals surface area contributed by atoms with E-state index in [0.717, 1.165) is 12.1 Å². The van der Waals surface area contributed by atoms with E-state index in [1.165, 1.54) is 0 Å². The van der Waals surface area contributed by atoms with E-state index in [1.54, 1.807) is 11.6 Å². The molecule has 2 aromatic rings. The van der Waals surface area contributed by atoms with E-state index < -0.39 is 22.4 Å². The zero-order valence-electron chi connectivity index (χ0n) is 11.0. The number of fused-ring (bicyclic) bond motifs is 1. The van der Waals surface area contributed by atoms with Crippen molar-refractivity contribution in [1.29, 1.82) is 0 Å². The van der Waals surface area contributed by atoms with Crippen molar-refractivity contribution in [1.82, 2.24) is 9.55 Å². The lowest BCUT2D eigenvalue weighted by Crippen LogP contribution is -2.09. The van der Waals surface area contributed by atoms with E-state index in [4.69, 9.17) is 0 Å². The fourth-order valence-electron chi connectivity index (χ4n) is 2.14. The quantitative estimate of drug-likeness (QED) is 0.626. The lowest BCUT2D eigenvalue weighted by atomic mass is 10.1. The minimum atomic E-state index is -4.79. The monoisotopic (exact) mass is 287 g/mol. The van der Waals surface area contributed by atoms with Crippen molar-refractivity contribution in [3.8, 4) is 0 Å². The second kappa shape index (κ2) is 4.46. The lowest BCUT2D eigenvalue weighted by Gasteiger charge is -2.07. The molecular formula is C12H12F3N3O2. The molecule has 0 radical (unpaired) electrons. The van der Waals surface area contributed by atoms with E-state index in [9.17, 15) is 23.3 Å². The smallest absolute Gasteiger partial charge is 0.331 e. The van der Waals surface area contributed by atoms with Crippen molar-refractivity contribution in [2.24, 2.45) is 7.05 Å². The third-order valence-corrected chi connectivity index (χ3v) is 3.05. The molecular weight excluding hydrogens is 275 g/mol. The molecule has 0 bridgehead atoms. The Morgan fingerprint density at radius 1 is 1.35 bits per heavy atom. The molecule has 0 amide bonds. The van der Waals surface area contributed by atoms with Gasteiger partial charge < -0.3 is 4.57 Å². The highest BCUT2D eigenvalue weighted by molar-refractivity contribution is 5.81. The van der Waals surface area contributed by atoms with Gasteiger partial charge in [0.2, 0.25) is 0 Å². The van der Waals surface area contributed by atoms with E-state index in [-0.39, 0.29) is 11.4 Å². The number of aromatic nitrogens is 2. The van der Waals surface area contributed by atoms with Gasteiger partial charge in [-0.2, -0.15) is 13.2 Å². The summed E-state index contributed by atoms with van der Waals surface area (Å²) in [5.74, 6) is 0.578. The second-order valence-corrected chi connectivity index (χ2v) is 4.80. The maximum absolute atomic E-state index is 12.9. The number of nitrogens with zero attached hydrogens (tertiary/aromatic N) is 3. The number of aryl methyl sites for hydroxylation is 1. The lowest BCUT2D eigenvalue weighted by molar-refractivity contribution is -0.387. The van der Waals surface area contributed by atoms with Gasteiger partial charge >= 0.3 is 6.18 Å². The second-order valence-electron chi connectivity index (χ2n) is 4.80. The Kier molecular flexibility index (Phi) is 3.19. The van der Waals surface area contributed by atoms with Crippen LogP contribution in [-0.4, -0.2) is 14.5 Å². The summed E-state index contributed by atoms with van der Waals surface area (Å²) in [4.78, 5) is 13.9. The number of halogens is 3. The van der Waals surface area contributed by atoms with Gasteiger partial charge in [-0.05, 0) is 6.07 Å². The Morgan fingerprint density at radius 2 is 1.95 bits per heavy atom. The van der Waals surface area contributed by atoms with Crippen LogP contribution in [0, 0.1) is 10.1 Å². The third kappa shape index (κ3) is 2.21. The van der Waals surface area contributed by atoms with E-state index in [2.05, 4.69) is 4.98 Å². The molecule has 0 aliphatic carbocycles. The molecule has 20 heavy (non-hydrogen) atoms. The number of hydrogen-bond donors (Lipinski definition) is 0. The molecule has 1 aromatic heterocycles. The van der Waals surface area contributed by atoms with E-state index >= 15 is 0 Å². The van der Waals surface area contributed by atoms with Gasteiger partial charge in [-0.1, -0.05) is 13.8 Å². The number of rotatable bonds is 2. The molecule has 0 unspecified atom stereocenters. The first-order chi connectivity index (χ1) is 9.12. The number of imidazole rings is 1. The van der Waals surface area contributed by atoms with Crippen LogP contribution < -0.4 is 0 Å². The van der Waals surface area contributed by atoms with Crippen LogP contribution in [0.15, 0.2) is 12.1 Å². The fraction of sp³-hybridized carbons (Fsp3) is 0.417. The average Bonchev–Trinajstić information content (AvgIpc) is 2.64. The van der Waals surface area contributed by atoms with Gasteiger partial charge in [0.05, 0.1) is 16.0 Å². The summed E-state index contributed by atoms with van der Waals surface area (Å²) in [5.41, 5.74) is -1.81. The number of nitro benzene ring substituents is 1. The first kappa shape index (κ1) is 14.3. The first-order valence-corrected chi connectivity index (χ1v) is 5.85. The minimum absolute atomic E-state index is 0.000734. The predicted octanol–water partition coefficient (Wildman–Crippen LogP) is 3.62. The molecule has 8 heteroatoms. The molecule has 1 heterocycles. The number of benzene rings is 1. The van der Waals surface area contributed by atoms with Crippen molar-refractivity contribution in [2.75, 3.05) is 0 Å². The Bertz CT molecular complexity index is 689. The number of alkyl halides is 3. The number of hydrogen-bond acceptors (Lipinski definition) is 3. The summed E-state index contributed by atoms with van der Waals surface area (Å²) in [6.45, 7) is 3.70. The van der Waals surface area contributed by atoms with Gasteiger partial charge in [-0.25, -0.2) is 4.98 Å². The summed E-state index contributed by atoms with van der Waals surface area (Å²) < 4.78 is 40.2. The number of nitro groups is 1. The van der Waals surface area contributed by atoms with Gasteiger partial charge in [-0.3, -0.25) is 10.1 Å². The molecule has 0 fully saturated rings. The van der Waals surface area contributed by atoms with E-state index in [0.29, 0.717) is 11.3 Å².